The maximum Gasteiger partial charge on any atom is 2.00 e. The van der Waals surface area contributed by atoms with E-state index >= 15 is 0 Å². The summed E-state index contributed by atoms with van der Waals surface area (Å²) in [4.78, 5) is 0. The molecule has 0 bridgehead atoms. The second kappa shape index (κ2) is 14.4. The monoisotopic (exact) mass is 484 g/mol. The molecule has 2 aromatic rings. The molecule has 0 amide bonds. The zero-order valence-electron chi connectivity index (χ0n) is 19.1. The third-order valence-corrected chi connectivity index (χ3v) is 5.56. The number of rotatable bonds is 8. The first kappa shape index (κ1) is 25.5. The zero-order valence-corrected chi connectivity index (χ0v) is 21.5. The predicted octanol–water partition coefficient (Wildman–Crippen LogP) is 8.35. The van der Waals surface area contributed by atoms with E-state index in [4.69, 9.17) is 0 Å². The van der Waals surface area contributed by atoms with Crippen molar-refractivity contribution in [1.82, 2.24) is 0 Å². The Morgan fingerprint density at radius 3 is 1.29 bits per heavy atom. The average molecular weight is 486 g/mol. The third-order valence-electron chi connectivity index (χ3n) is 5.56. The molecule has 0 N–H and O–H groups in total. The Bertz CT molecular complexity index is 815. The summed E-state index contributed by atoms with van der Waals surface area (Å²) in [6, 6.07) is 17.8. The molecule has 0 heterocycles. The molecular formula is C30H34Zr. The van der Waals surface area contributed by atoms with Crippen LogP contribution in [0.5, 0.6) is 0 Å². The fourth-order valence-electron chi connectivity index (χ4n) is 3.67. The van der Waals surface area contributed by atoms with Crippen molar-refractivity contribution < 1.29 is 26.2 Å². The summed E-state index contributed by atoms with van der Waals surface area (Å²) < 4.78 is 0. The Morgan fingerprint density at radius 2 is 1.00 bits per heavy atom. The summed E-state index contributed by atoms with van der Waals surface area (Å²) in [6.07, 6.45) is 24.7. The first-order valence-electron chi connectivity index (χ1n) is 11.5. The van der Waals surface area contributed by atoms with Crippen molar-refractivity contribution in [2.24, 2.45) is 0 Å². The summed E-state index contributed by atoms with van der Waals surface area (Å²) >= 11 is 0. The van der Waals surface area contributed by atoms with Gasteiger partial charge < -0.3 is 0 Å². The van der Waals surface area contributed by atoms with Crippen molar-refractivity contribution in [3.05, 3.63) is 107 Å². The number of allylic oxidation sites excluding steroid dienone is 8. The van der Waals surface area contributed by atoms with Crippen LogP contribution in [0.1, 0.15) is 74.6 Å². The molecule has 2 aliphatic rings. The number of hydrogen-bond donors (Lipinski definition) is 0. The fraction of sp³-hybridized carbons (Fsp3) is 0.333. The summed E-state index contributed by atoms with van der Waals surface area (Å²) in [5, 5.41) is 0. The molecule has 0 saturated heterocycles. The van der Waals surface area contributed by atoms with E-state index in [9.17, 15) is 0 Å². The van der Waals surface area contributed by atoms with Gasteiger partial charge in [0.15, 0.2) is 0 Å². The molecule has 0 unspecified atom stereocenters. The van der Waals surface area contributed by atoms with Gasteiger partial charge in [0.2, 0.25) is 0 Å². The van der Waals surface area contributed by atoms with Crippen LogP contribution < -0.4 is 0 Å². The van der Waals surface area contributed by atoms with E-state index < -0.39 is 0 Å². The minimum absolute atomic E-state index is 0. The van der Waals surface area contributed by atoms with Crippen LogP contribution in [0, 0.1) is 12.2 Å². The molecule has 0 nitrogen and oxygen atoms in total. The number of unbranched alkanes of at least 4 members (excludes halogenated alkanes) is 2. The summed E-state index contributed by atoms with van der Waals surface area (Å²) in [6.45, 7) is 4.47. The van der Waals surface area contributed by atoms with Crippen LogP contribution in [0.2, 0.25) is 0 Å². The largest absolute Gasteiger partial charge is 2.00 e. The smallest absolute Gasteiger partial charge is 0.197 e. The van der Waals surface area contributed by atoms with Gasteiger partial charge in [0, 0.05) is 0 Å². The summed E-state index contributed by atoms with van der Waals surface area (Å²) in [7, 11) is 0. The van der Waals surface area contributed by atoms with Gasteiger partial charge in [-0.15, -0.1) is 47.5 Å². The van der Waals surface area contributed by atoms with Gasteiger partial charge in [-0.05, 0) is 25.7 Å². The fourth-order valence-corrected chi connectivity index (χ4v) is 3.67. The van der Waals surface area contributed by atoms with Crippen LogP contribution in [-0.4, -0.2) is 0 Å². The van der Waals surface area contributed by atoms with Crippen LogP contribution >= 0.6 is 0 Å². The average Bonchev–Trinajstić information content (AvgIpc) is 3.52. The van der Waals surface area contributed by atoms with Gasteiger partial charge in [0.05, 0.1) is 0 Å². The molecule has 0 spiro atoms. The minimum Gasteiger partial charge on any atom is -0.197 e. The summed E-state index contributed by atoms with van der Waals surface area (Å²) in [5.74, 6) is 0. The van der Waals surface area contributed by atoms with Gasteiger partial charge >= 0.3 is 26.2 Å². The predicted molar refractivity (Wildman–Crippen MR) is 131 cm³/mol. The second-order valence-electron chi connectivity index (χ2n) is 7.99. The topological polar surface area (TPSA) is 0 Å². The minimum atomic E-state index is 0. The van der Waals surface area contributed by atoms with Crippen LogP contribution in [0.25, 0.3) is 11.1 Å². The van der Waals surface area contributed by atoms with Crippen LogP contribution in [-0.2, 0) is 39.0 Å². The van der Waals surface area contributed by atoms with Crippen molar-refractivity contribution in [3.8, 4) is 0 Å². The standard InChI is InChI=1S/2C15H17.Zr/c2*1-2-3-6-13-9-11-15(12-10-13)14-7-4-5-8-14;/h2*4,7,9-12H,2-3,5-6H2,1H3;/q2*-1;+2. The van der Waals surface area contributed by atoms with Gasteiger partial charge in [-0.1, -0.05) is 74.9 Å². The maximum absolute atomic E-state index is 3.34. The molecule has 158 valence electrons. The molecule has 0 atom stereocenters. The van der Waals surface area contributed by atoms with Gasteiger partial charge in [-0.25, -0.2) is 0 Å². The van der Waals surface area contributed by atoms with E-state index in [1.165, 1.54) is 71.9 Å². The molecule has 1 heteroatoms. The van der Waals surface area contributed by atoms with Crippen LogP contribution in [0.4, 0.5) is 0 Å². The molecule has 4 rings (SSSR count). The first-order valence-corrected chi connectivity index (χ1v) is 11.5. The van der Waals surface area contributed by atoms with Gasteiger partial charge in [-0.3, -0.25) is 0 Å². The van der Waals surface area contributed by atoms with Crippen LogP contribution in [0.15, 0.2) is 72.8 Å². The Morgan fingerprint density at radius 1 is 0.613 bits per heavy atom. The molecule has 2 aromatic carbocycles. The Kier molecular flexibility index (Phi) is 11.8. The zero-order chi connectivity index (χ0) is 21.0. The molecule has 0 saturated carbocycles. The third kappa shape index (κ3) is 8.38. The Balaban J connectivity index is 0.000000213. The van der Waals surface area contributed by atoms with Crippen molar-refractivity contribution in [2.75, 3.05) is 0 Å². The van der Waals surface area contributed by atoms with E-state index in [-0.39, 0.29) is 26.2 Å². The van der Waals surface area contributed by atoms with Crippen molar-refractivity contribution >= 4 is 11.1 Å². The van der Waals surface area contributed by atoms with E-state index in [1.807, 2.05) is 0 Å². The summed E-state index contributed by atoms with van der Waals surface area (Å²) in [5.41, 5.74) is 7.98. The molecule has 0 aliphatic heterocycles. The first-order chi connectivity index (χ1) is 14.8. The number of hydrogen-bond acceptors (Lipinski definition) is 0. The molecule has 0 fully saturated rings. The van der Waals surface area contributed by atoms with Gasteiger partial charge in [-0.2, -0.15) is 35.5 Å². The second-order valence-corrected chi connectivity index (χ2v) is 7.99. The quantitative estimate of drug-likeness (QED) is 0.330. The molecule has 31 heavy (non-hydrogen) atoms. The van der Waals surface area contributed by atoms with E-state index in [0.717, 1.165) is 12.8 Å². The van der Waals surface area contributed by atoms with Crippen molar-refractivity contribution in [3.63, 3.8) is 0 Å². The van der Waals surface area contributed by atoms with Gasteiger partial charge in [0.1, 0.15) is 0 Å². The molecule has 0 aromatic heterocycles. The number of benzene rings is 2. The Hall–Kier alpha value is -1.72. The Labute approximate surface area is 209 Å². The van der Waals surface area contributed by atoms with Crippen LogP contribution in [0.3, 0.4) is 0 Å². The number of aryl methyl sites for hydroxylation is 2. The van der Waals surface area contributed by atoms with Crippen molar-refractivity contribution in [2.45, 2.75) is 65.2 Å². The van der Waals surface area contributed by atoms with E-state index in [0.29, 0.717) is 0 Å². The normalized spacial score (nSPS) is 13.9. The van der Waals surface area contributed by atoms with E-state index in [1.54, 1.807) is 0 Å². The molecule has 0 radical (unpaired) electrons. The molecular weight excluding hydrogens is 452 g/mol. The maximum atomic E-state index is 3.34. The van der Waals surface area contributed by atoms with E-state index in [2.05, 4.69) is 98.8 Å². The SMILES string of the molecule is CCCCc1ccc(C2=[C-]CC=C2)cc1.CCCCc1ccc(C2=[C-]CC=C2)cc1.[Zr+2]. The molecule has 2 aliphatic carbocycles. The van der Waals surface area contributed by atoms with Crippen molar-refractivity contribution in [1.29, 1.82) is 0 Å². The van der Waals surface area contributed by atoms with Gasteiger partial charge in [0.25, 0.3) is 0 Å².